The lowest BCUT2D eigenvalue weighted by molar-refractivity contribution is -0.123. The second kappa shape index (κ2) is 7.17. The van der Waals surface area contributed by atoms with Crippen molar-refractivity contribution in [1.82, 2.24) is 0 Å². The van der Waals surface area contributed by atoms with Gasteiger partial charge in [-0.15, -0.1) is 0 Å². The smallest absolute Gasteiger partial charge is 0.342 e. The lowest BCUT2D eigenvalue weighted by atomic mass is 10.1. The first-order valence-corrected chi connectivity index (χ1v) is 8.03. The lowest BCUT2D eigenvalue weighted by Gasteiger charge is -2.14. The number of aryl methyl sites for hydroxylation is 2. The zero-order valence-electron chi connectivity index (χ0n) is 13.7. The van der Waals surface area contributed by atoms with Crippen LogP contribution in [0.25, 0.3) is 0 Å². The Bertz CT molecular complexity index is 800. The van der Waals surface area contributed by atoms with Crippen molar-refractivity contribution in [2.24, 2.45) is 0 Å². The fourth-order valence-corrected chi connectivity index (χ4v) is 2.53. The van der Waals surface area contributed by atoms with Crippen LogP contribution in [0.2, 0.25) is 0 Å². The molecule has 0 spiro atoms. The van der Waals surface area contributed by atoms with Gasteiger partial charge in [0.1, 0.15) is 22.9 Å². The number of hydrogen-bond donors (Lipinski definition) is 1. The van der Waals surface area contributed by atoms with Crippen LogP contribution in [0.1, 0.15) is 34.4 Å². The van der Waals surface area contributed by atoms with E-state index in [1.54, 1.807) is 26.8 Å². The largest absolute Gasteiger partial charge is 0.465 e. The van der Waals surface area contributed by atoms with Crippen molar-refractivity contribution >= 4 is 33.5 Å². The van der Waals surface area contributed by atoms with Crippen LogP contribution in [0.5, 0.6) is 0 Å². The van der Waals surface area contributed by atoms with Crippen LogP contribution in [0, 0.1) is 26.6 Å². The fraction of sp³-hybridized carbons (Fsp3) is 0.294. The average molecular weight is 398 g/mol. The summed E-state index contributed by atoms with van der Waals surface area (Å²) in [6, 6.07) is 4.24. The van der Waals surface area contributed by atoms with Crippen molar-refractivity contribution in [3.8, 4) is 0 Å². The maximum atomic E-state index is 13.7. The zero-order valence-corrected chi connectivity index (χ0v) is 15.3. The Morgan fingerprint density at radius 3 is 2.46 bits per heavy atom. The van der Waals surface area contributed by atoms with E-state index < -0.39 is 23.8 Å². The van der Waals surface area contributed by atoms with E-state index in [9.17, 15) is 14.0 Å². The van der Waals surface area contributed by atoms with Gasteiger partial charge in [-0.25, -0.2) is 9.18 Å². The van der Waals surface area contributed by atoms with Crippen LogP contribution in [-0.4, -0.2) is 18.0 Å². The van der Waals surface area contributed by atoms with E-state index in [2.05, 4.69) is 21.2 Å². The van der Waals surface area contributed by atoms with Crippen LogP contribution in [0.3, 0.4) is 0 Å². The minimum atomic E-state index is -1.09. The van der Waals surface area contributed by atoms with Crippen LogP contribution in [-0.2, 0) is 9.53 Å². The summed E-state index contributed by atoms with van der Waals surface area (Å²) in [5.41, 5.74) is 0.989. The fourth-order valence-electron chi connectivity index (χ4n) is 2.19. The summed E-state index contributed by atoms with van der Waals surface area (Å²) in [4.78, 5) is 24.3. The minimum Gasteiger partial charge on any atom is -0.465 e. The molecule has 0 aliphatic rings. The monoisotopic (exact) mass is 397 g/mol. The van der Waals surface area contributed by atoms with Crippen LogP contribution in [0.4, 0.5) is 10.1 Å². The summed E-state index contributed by atoms with van der Waals surface area (Å²) in [6.45, 7) is 6.55. The molecule has 0 saturated carbocycles. The molecule has 24 heavy (non-hydrogen) atoms. The number of nitrogens with one attached hydrogen (secondary N) is 1. The number of amides is 1. The Labute approximate surface area is 147 Å². The van der Waals surface area contributed by atoms with Crippen LogP contribution in [0.15, 0.2) is 27.1 Å². The third-order valence-corrected chi connectivity index (χ3v) is 4.10. The second-order valence-electron chi connectivity index (χ2n) is 5.38. The number of esters is 1. The molecule has 5 nitrogen and oxygen atoms in total. The Balaban J connectivity index is 2.07. The molecule has 0 unspecified atom stereocenters. The molecule has 1 aromatic heterocycles. The molecule has 128 valence electrons. The van der Waals surface area contributed by atoms with Crippen LogP contribution >= 0.6 is 15.9 Å². The number of furan rings is 1. The van der Waals surface area contributed by atoms with Crippen molar-refractivity contribution < 1.29 is 23.1 Å². The van der Waals surface area contributed by atoms with Gasteiger partial charge in [-0.2, -0.15) is 0 Å². The molecule has 1 amide bonds. The average Bonchev–Trinajstić information content (AvgIpc) is 2.74. The number of benzene rings is 1. The van der Waals surface area contributed by atoms with Gasteiger partial charge in [0.15, 0.2) is 6.10 Å². The quantitative estimate of drug-likeness (QED) is 0.781. The molecular formula is C17H17BrFNO4. The highest BCUT2D eigenvalue weighted by molar-refractivity contribution is 9.10. The third kappa shape index (κ3) is 3.84. The molecule has 1 N–H and O–H groups in total. The number of hydrogen-bond acceptors (Lipinski definition) is 4. The molecule has 0 aliphatic heterocycles. The highest BCUT2D eigenvalue weighted by Gasteiger charge is 2.25. The molecule has 1 heterocycles. The molecule has 0 saturated heterocycles. The first-order chi connectivity index (χ1) is 11.2. The van der Waals surface area contributed by atoms with E-state index in [-0.39, 0.29) is 5.69 Å². The first-order valence-electron chi connectivity index (χ1n) is 7.24. The number of ether oxygens (including phenoxy) is 1. The summed E-state index contributed by atoms with van der Waals surface area (Å²) in [7, 11) is 0. The molecule has 0 aliphatic carbocycles. The van der Waals surface area contributed by atoms with E-state index in [0.29, 0.717) is 27.1 Å². The highest BCUT2D eigenvalue weighted by Crippen LogP contribution is 2.23. The summed E-state index contributed by atoms with van der Waals surface area (Å²) in [5, 5.41) is 2.39. The van der Waals surface area contributed by atoms with E-state index in [1.165, 1.54) is 19.1 Å². The van der Waals surface area contributed by atoms with Crippen molar-refractivity contribution in [1.29, 1.82) is 0 Å². The van der Waals surface area contributed by atoms with Gasteiger partial charge < -0.3 is 14.5 Å². The number of rotatable bonds is 4. The molecule has 0 fully saturated rings. The normalized spacial score (nSPS) is 11.9. The summed E-state index contributed by atoms with van der Waals surface area (Å²) < 4.78 is 24.8. The van der Waals surface area contributed by atoms with Crippen molar-refractivity contribution in [2.75, 3.05) is 5.32 Å². The predicted molar refractivity (Wildman–Crippen MR) is 90.5 cm³/mol. The van der Waals surface area contributed by atoms with Gasteiger partial charge in [-0.1, -0.05) is 15.9 Å². The molecule has 7 heteroatoms. The van der Waals surface area contributed by atoms with E-state index >= 15 is 0 Å². The molecular weight excluding hydrogens is 381 g/mol. The summed E-state index contributed by atoms with van der Waals surface area (Å²) in [6.07, 6.45) is -1.09. The molecule has 1 aromatic carbocycles. The Morgan fingerprint density at radius 1 is 1.25 bits per heavy atom. The number of anilines is 1. The van der Waals surface area contributed by atoms with Gasteiger partial charge in [-0.3, -0.25) is 4.79 Å². The third-order valence-electron chi connectivity index (χ3n) is 3.61. The number of carbonyl (C=O) groups excluding carboxylic acids is 2. The number of halogens is 2. The highest BCUT2D eigenvalue weighted by atomic mass is 79.9. The lowest BCUT2D eigenvalue weighted by Crippen LogP contribution is -2.30. The molecule has 0 bridgehead atoms. The summed E-state index contributed by atoms with van der Waals surface area (Å²) in [5.74, 6) is -0.815. The first kappa shape index (κ1) is 18.2. The zero-order chi connectivity index (χ0) is 18.0. The van der Waals surface area contributed by atoms with E-state index in [1.807, 2.05) is 0 Å². The second-order valence-corrected chi connectivity index (χ2v) is 6.29. The molecule has 1 atom stereocenters. The topological polar surface area (TPSA) is 68.5 Å². The van der Waals surface area contributed by atoms with Gasteiger partial charge in [0.05, 0.1) is 5.69 Å². The maximum Gasteiger partial charge on any atom is 0.342 e. The van der Waals surface area contributed by atoms with Crippen molar-refractivity contribution in [3.05, 3.63) is 51.1 Å². The minimum absolute atomic E-state index is 0.0117. The predicted octanol–water partition coefficient (Wildman–Crippen LogP) is 4.29. The van der Waals surface area contributed by atoms with E-state index in [0.717, 1.165) is 0 Å². The Hall–Kier alpha value is -2.15. The van der Waals surface area contributed by atoms with Gasteiger partial charge in [0, 0.05) is 10.0 Å². The maximum absolute atomic E-state index is 13.7. The van der Waals surface area contributed by atoms with Gasteiger partial charge >= 0.3 is 5.97 Å². The van der Waals surface area contributed by atoms with Gasteiger partial charge in [0.25, 0.3) is 5.91 Å². The SMILES string of the molecule is Cc1oc(C)c(C(=O)O[C@H](C)C(=O)Nc2ccc(Br)cc2F)c1C. The summed E-state index contributed by atoms with van der Waals surface area (Å²) >= 11 is 3.13. The van der Waals surface area contributed by atoms with Crippen molar-refractivity contribution in [2.45, 2.75) is 33.8 Å². The molecule has 2 aromatic rings. The van der Waals surface area contributed by atoms with E-state index in [4.69, 9.17) is 9.15 Å². The molecule has 0 radical (unpaired) electrons. The Kier molecular flexibility index (Phi) is 5.43. The van der Waals surface area contributed by atoms with Crippen LogP contribution < -0.4 is 5.32 Å². The molecule has 2 rings (SSSR count). The standard InChI is InChI=1S/C17H17BrFNO4/c1-8-9(2)23-10(3)15(8)17(22)24-11(4)16(21)20-14-6-5-12(18)7-13(14)19/h5-7,11H,1-4H3,(H,20,21)/t11-/m1/s1. The Morgan fingerprint density at radius 2 is 1.92 bits per heavy atom. The number of carbonyl (C=O) groups is 2. The van der Waals surface area contributed by atoms with Crippen molar-refractivity contribution in [3.63, 3.8) is 0 Å². The van der Waals surface area contributed by atoms with Gasteiger partial charge in [-0.05, 0) is 45.9 Å². The van der Waals surface area contributed by atoms with Gasteiger partial charge in [0.2, 0.25) is 0 Å².